The predicted octanol–water partition coefficient (Wildman–Crippen LogP) is 4.44. The maximum absolute atomic E-state index is 12.9. The summed E-state index contributed by atoms with van der Waals surface area (Å²) in [5.74, 6) is -0.255. The van der Waals surface area contributed by atoms with E-state index in [4.69, 9.17) is 0 Å². The minimum Gasteiger partial charge on any atom is -0.345 e. The van der Waals surface area contributed by atoms with E-state index in [0.717, 1.165) is 5.56 Å². The van der Waals surface area contributed by atoms with Crippen LogP contribution in [0.25, 0.3) is 10.2 Å². The van der Waals surface area contributed by atoms with E-state index in [1.165, 1.54) is 22.2 Å². The normalized spacial score (nSPS) is 11.7. The zero-order valence-corrected chi connectivity index (χ0v) is 19.2. The summed E-state index contributed by atoms with van der Waals surface area (Å²) in [6, 6.07) is 15.8. The van der Waals surface area contributed by atoms with E-state index in [-0.39, 0.29) is 23.5 Å². The van der Waals surface area contributed by atoms with E-state index in [1.807, 2.05) is 37.3 Å². The summed E-state index contributed by atoms with van der Waals surface area (Å²) in [7, 11) is 1.64. The smallest absolute Gasteiger partial charge is 0.323 e. The minimum atomic E-state index is -0.338. The lowest BCUT2D eigenvalue weighted by Gasteiger charge is -2.15. The van der Waals surface area contributed by atoms with Crippen molar-refractivity contribution in [1.29, 1.82) is 0 Å². The van der Waals surface area contributed by atoms with Gasteiger partial charge in [0.05, 0.1) is 22.6 Å². The molecular formula is C24H23N5O3S. The summed E-state index contributed by atoms with van der Waals surface area (Å²) in [6.45, 7) is 3.64. The number of carbonyl (C=O) groups is 2. The Bertz CT molecular complexity index is 1380. The molecule has 33 heavy (non-hydrogen) atoms. The molecule has 2 heterocycles. The average molecular weight is 462 g/mol. The van der Waals surface area contributed by atoms with Gasteiger partial charge in [0.15, 0.2) is 0 Å². The summed E-state index contributed by atoms with van der Waals surface area (Å²) in [6.07, 6.45) is 1.46. The van der Waals surface area contributed by atoms with Crippen LogP contribution in [-0.4, -0.2) is 21.5 Å². The summed E-state index contributed by atoms with van der Waals surface area (Å²) in [5, 5.41) is 9.00. The van der Waals surface area contributed by atoms with Crippen LogP contribution in [0.4, 0.5) is 16.2 Å². The molecule has 2 aromatic carbocycles. The van der Waals surface area contributed by atoms with E-state index in [2.05, 4.69) is 20.9 Å². The second-order valence-electron chi connectivity index (χ2n) is 7.66. The Morgan fingerprint density at radius 2 is 1.64 bits per heavy atom. The van der Waals surface area contributed by atoms with Crippen molar-refractivity contribution in [2.24, 2.45) is 7.05 Å². The molecule has 0 aliphatic rings. The molecule has 3 amide bonds. The van der Waals surface area contributed by atoms with Crippen molar-refractivity contribution in [3.8, 4) is 0 Å². The predicted molar refractivity (Wildman–Crippen MR) is 131 cm³/mol. The van der Waals surface area contributed by atoms with Crippen molar-refractivity contribution in [3.05, 3.63) is 87.3 Å². The summed E-state index contributed by atoms with van der Waals surface area (Å²) < 4.78 is 1.40. The summed E-state index contributed by atoms with van der Waals surface area (Å²) in [4.78, 5) is 42.7. The number of urea groups is 1. The second-order valence-corrected chi connectivity index (χ2v) is 8.66. The van der Waals surface area contributed by atoms with Gasteiger partial charge in [-0.3, -0.25) is 9.59 Å². The van der Waals surface area contributed by atoms with Crippen molar-refractivity contribution in [3.63, 3.8) is 0 Å². The number of thiophene rings is 1. The maximum Gasteiger partial charge on any atom is 0.323 e. The van der Waals surface area contributed by atoms with Crippen LogP contribution in [0, 0.1) is 6.92 Å². The number of amides is 3. The number of hydrogen-bond acceptors (Lipinski definition) is 5. The fourth-order valence-corrected chi connectivity index (χ4v) is 4.48. The number of carbonyl (C=O) groups excluding carboxylic acids is 2. The Labute approximate surface area is 194 Å². The highest BCUT2D eigenvalue weighted by Gasteiger charge is 2.20. The van der Waals surface area contributed by atoms with Gasteiger partial charge < -0.3 is 20.5 Å². The Morgan fingerprint density at radius 3 is 2.30 bits per heavy atom. The highest BCUT2D eigenvalue weighted by molar-refractivity contribution is 7.20. The number of rotatable bonds is 5. The van der Waals surface area contributed by atoms with Gasteiger partial charge in [0.2, 0.25) is 0 Å². The van der Waals surface area contributed by atoms with Gasteiger partial charge in [-0.2, -0.15) is 0 Å². The van der Waals surface area contributed by atoms with Crippen molar-refractivity contribution in [2.45, 2.75) is 19.9 Å². The van der Waals surface area contributed by atoms with E-state index >= 15 is 0 Å². The first kappa shape index (κ1) is 22.2. The third kappa shape index (κ3) is 4.78. The number of aryl methyl sites for hydroxylation is 2. The van der Waals surface area contributed by atoms with Gasteiger partial charge in [0.1, 0.15) is 4.83 Å². The monoisotopic (exact) mass is 461 g/mol. The Kier molecular flexibility index (Phi) is 6.23. The first-order valence-corrected chi connectivity index (χ1v) is 11.1. The SMILES string of the molecule is Cc1c(C(=O)NC(C)c2ccc(NC(=O)Nc3ccccc3)cc2)sc2ncn(C)c(=O)c12. The molecule has 0 aliphatic heterocycles. The van der Waals surface area contributed by atoms with Crippen LogP contribution < -0.4 is 21.5 Å². The van der Waals surface area contributed by atoms with Crippen LogP contribution in [0.1, 0.15) is 33.8 Å². The largest absolute Gasteiger partial charge is 0.345 e. The van der Waals surface area contributed by atoms with Crippen molar-refractivity contribution in [1.82, 2.24) is 14.9 Å². The third-order valence-corrected chi connectivity index (χ3v) is 6.46. The molecule has 1 unspecified atom stereocenters. The molecule has 0 saturated heterocycles. The van der Waals surface area contributed by atoms with Crippen LogP contribution in [0.2, 0.25) is 0 Å². The van der Waals surface area contributed by atoms with E-state index in [1.54, 1.807) is 38.2 Å². The molecular weight excluding hydrogens is 438 g/mol. The summed E-state index contributed by atoms with van der Waals surface area (Å²) in [5.41, 5.74) is 2.68. The van der Waals surface area contributed by atoms with Gasteiger partial charge >= 0.3 is 6.03 Å². The van der Waals surface area contributed by atoms with Crippen molar-refractivity contribution in [2.75, 3.05) is 10.6 Å². The molecule has 2 aromatic heterocycles. The zero-order valence-electron chi connectivity index (χ0n) is 18.4. The summed E-state index contributed by atoms with van der Waals surface area (Å²) >= 11 is 1.21. The van der Waals surface area contributed by atoms with Gasteiger partial charge in [0, 0.05) is 18.4 Å². The lowest BCUT2D eigenvalue weighted by atomic mass is 10.1. The van der Waals surface area contributed by atoms with Crippen LogP contribution >= 0.6 is 11.3 Å². The number of nitrogens with zero attached hydrogens (tertiary/aromatic N) is 2. The third-order valence-electron chi connectivity index (χ3n) is 5.26. The number of anilines is 2. The number of fused-ring (bicyclic) bond motifs is 1. The fraction of sp³-hybridized carbons (Fsp3) is 0.167. The lowest BCUT2D eigenvalue weighted by molar-refractivity contribution is 0.0943. The standard InChI is InChI=1S/C24H23N5O3S/c1-14-19-22(25-13-29(3)23(19)31)33-20(14)21(30)26-15(2)16-9-11-18(12-10-16)28-24(32)27-17-7-5-4-6-8-17/h4-13,15H,1-3H3,(H,26,30)(H2,27,28,32). The molecule has 8 nitrogen and oxygen atoms in total. The molecule has 1 atom stereocenters. The lowest BCUT2D eigenvalue weighted by Crippen LogP contribution is -2.26. The second kappa shape index (κ2) is 9.25. The number of nitrogens with one attached hydrogen (secondary N) is 3. The van der Waals surface area contributed by atoms with Gasteiger partial charge in [-0.25, -0.2) is 9.78 Å². The highest BCUT2D eigenvalue weighted by atomic mass is 32.1. The minimum absolute atomic E-state index is 0.166. The topological polar surface area (TPSA) is 105 Å². The zero-order chi connectivity index (χ0) is 23.5. The van der Waals surface area contributed by atoms with E-state index in [9.17, 15) is 14.4 Å². The Balaban J connectivity index is 1.42. The first-order chi connectivity index (χ1) is 15.8. The van der Waals surface area contributed by atoms with Crippen LogP contribution in [0.15, 0.2) is 65.7 Å². The Hall–Kier alpha value is -3.98. The quantitative estimate of drug-likeness (QED) is 0.409. The fourth-order valence-electron chi connectivity index (χ4n) is 3.44. The average Bonchev–Trinajstić information content (AvgIpc) is 3.14. The highest BCUT2D eigenvalue weighted by Crippen LogP contribution is 2.27. The van der Waals surface area contributed by atoms with Gasteiger partial charge in [-0.05, 0) is 49.2 Å². The van der Waals surface area contributed by atoms with Crippen molar-refractivity contribution < 1.29 is 9.59 Å². The number of aromatic nitrogens is 2. The Morgan fingerprint density at radius 1 is 1.00 bits per heavy atom. The number of benzene rings is 2. The molecule has 0 bridgehead atoms. The van der Waals surface area contributed by atoms with Crippen LogP contribution in [0.3, 0.4) is 0 Å². The molecule has 0 fully saturated rings. The molecule has 0 aliphatic carbocycles. The molecule has 4 rings (SSSR count). The van der Waals surface area contributed by atoms with E-state index < -0.39 is 0 Å². The van der Waals surface area contributed by atoms with Gasteiger partial charge in [-0.15, -0.1) is 11.3 Å². The molecule has 0 spiro atoms. The van der Waals surface area contributed by atoms with Crippen molar-refractivity contribution >= 4 is 44.9 Å². The number of para-hydroxylation sites is 1. The van der Waals surface area contributed by atoms with Gasteiger partial charge in [-0.1, -0.05) is 30.3 Å². The molecule has 0 saturated carbocycles. The molecule has 0 radical (unpaired) electrons. The molecule has 168 valence electrons. The van der Waals surface area contributed by atoms with Crippen LogP contribution in [-0.2, 0) is 7.05 Å². The van der Waals surface area contributed by atoms with Crippen LogP contribution in [0.5, 0.6) is 0 Å². The molecule has 3 N–H and O–H groups in total. The number of hydrogen-bond donors (Lipinski definition) is 3. The molecule has 4 aromatic rings. The first-order valence-electron chi connectivity index (χ1n) is 10.3. The van der Waals surface area contributed by atoms with Gasteiger partial charge in [0.25, 0.3) is 11.5 Å². The van der Waals surface area contributed by atoms with E-state index in [0.29, 0.717) is 32.0 Å². The molecule has 9 heteroatoms. The maximum atomic E-state index is 12.9.